The third kappa shape index (κ3) is 6.14. The molecule has 0 heterocycles. The molecule has 2 unspecified atom stereocenters. The molecule has 0 bridgehead atoms. The standard InChI is InChI=1S/C9H14Br2O4/c1-5(2)7(3-8(12)13)15-9(14)6(11)4-10/h5-7H,3-4H2,1-2H3,(H,12,13). The van der Waals surface area contributed by atoms with E-state index in [0.29, 0.717) is 5.33 Å². The SMILES string of the molecule is CC(C)C(CC(=O)O)OC(=O)C(Br)CBr. The molecule has 0 spiro atoms. The first-order chi connectivity index (χ1) is 6.88. The highest BCUT2D eigenvalue weighted by molar-refractivity contribution is 9.12. The van der Waals surface area contributed by atoms with E-state index in [-0.39, 0.29) is 12.3 Å². The van der Waals surface area contributed by atoms with Crippen LogP contribution in [0, 0.1) is 5.92 Å². The molecule has 0 aromatic heterocycles. The molecule has 15 heavy (non-hydrogen) atoms. The van der Waals surface area contributed by atoms with E-state index in [9.17, 15) is 9.59 Å². The highest BCUT2D eigenvalue weighted by Crippen LogP contribution is 2.15. The Balaban J connectivity index is 4.28. The Morgan fingerprint density at radius 2 is 1.93 bits per heavy atom. The quantitative estimate of drug-likeness (QED) is 0.592. The van der Waals surface area contributed by atoms with Gasteiger partial charge in [0.2, 0.25) is 0 Å². The summed E-state index contributed by atoms with van der Waals surface area (Å²) < 4.78 is 5.08. The number of hydrogen-bond donors (Lipinski definition) is 1. The van der Waals surface area contributed by atoms with E-state index in [1.54, 1.807) is 0 Å². The molecule has 4 nitrogen and oxygen atoms in total. The third-order valence-electron chi connectivity index (χ3n) is 1.78. The summed E-state index contributed by atoms with van der Waals surface area (Å²) in [4.78, 5) is 21.5. The van der Waals surface area contributed by atoms with Crippen molar-refractivity contribution >= 4 is 43.8 Å². The molecule has 0 saturated carbocycles. The number of carbonyl (C=O) groups excluding carboxylic acids is 1. The number of carboxylic acid groups (broad SMARTS) is 1. The number of ether oxygens (including phenoxy) is 1. The van der Waals surface area contributed by atoms with Crippen molar-refractivity contribution in [3.8, 4) is 0 Å². The summed E-state index contributed by atoms with van der Waals surface area (Å²) >= 11 is 6.25. The van der Waals surface area contributed by atoms with Crippen LogP contribution in [-0.4, -0.2) is 33.3 Å². The van der Waals surface area contributed by atoms with E-state index < -0.39 is 22.9 Å². The predicted molar refractivity (Wildman–Crippen MR) is 63.5 cm³/mol. The number of hydrogen-bond acceptors (Lipinski definition) is 3. The zero-order valence-electron chi connectivity index (χ0n) is 8.57. The van der Waals surface area contributed by atoms with Crippen LogP contribution < -0.4 is 0 Å². The monoisotopic (exact) mass is 344 g/mol. The van der Waals surface area contributed by atoms with Gasteiger partial charge < -0.3 is 9.84 Å². The number of rotatable bonds is 6. The second-order valence-corrected chi connectivity index (χ2v) is 5.19. The van der Waals surface area contributed by atoms with E-state index in [2.05, 4.69) is 31.9 Å². The Hall–Kier alpha value is -0.100. The zero-order valence-corrected chi connectivity index (χ0v) is 11.7. The molecule has 0 rings (SSSR count). The Labute approximate surface area is 106 Å². The number of carbonyl (C=O) groups is 2. The molecule has 0 saturated heterocycles. The average Bonchev–Trinajstić information content (AvgIpc) is 2.14. The molecule has 0 aromatic carbocycles. The van der Waals surface area contributed by atoms with Crippen molar-refractivity contribution < 1.29 is 19.4 Å². The van der Waals surface area contributed by atoms with Crippen LogP contribution in [0.4, 0.5) is 0 Å². The molecular formula is C9H14Br2O4. The molecule has 0 fully saturated rings. The summed E-state index contributed by atoms with van der Waals surface area (Å²) in [6, 6.07) is 0. The second kappa shape index (κ2) is 7.22. The molecular weight excluding hydrogens is 332 g/mol. The molecule has 0 amide bonds. The molecule has 1 N–H and O–H groups in total. The van der Waals surface area contributed by atoms with Crippen molar-refractivity contribution in [1.29, 1.82) is 0 Å². The maximum atomic E-state index is 11.4. The van der Waals surface area contributed by atoms with Crippen LogP contribution in [0.15, 0.2) is 0 Å². The van der Waals surface area contributed by atoms with Gasteiger partial charge in [0, 0.05) is 5.33 Å². The van der Waals surface area contributed by atoms with Crippen molar-refractivity contribution in [2.75, 3.05) is 5.33 Å². The van der Waals surface area contributed by atoms with Gasteiger partial charge in [0.1, 0.15) is 10.9 Å². The molecule has 0 radical (unpaired) electrons. The summed E-state index contributed by atoms with van der Waals surface area (Å²) in [5, 5.41) is 9.06. The maximum absolute atomic E-state index is 11.4. The minimum atomic E-state index is -0.966. The third-order valence-corrected chi connectivity index (χ3v) is 3.99. The van der Waals surface area contributed by atoms with Crippen molar-refractivity contribution in [3.05, 3.63) is 0 Å². The minimum absolute atomic E-state index is 0.0138. The first-order valence-corrected chi connectivity index (χ1v) is 6.54. The van der Waals surface area contributed by atoms with Gasteiger partial charge in [-0.3, -0.25) is 9.59 Å². The molecule has 0 aliphatic carbocycles. The van der Waals surface area contributed by atoms with Gasteiger partial charge in [-0.15, -0.1) is 0 Å². The fraction of sp³-hybridized carbons (Fsp3) is 0.778. The van der Waals surface area contributed by atoms with Crippen LogP contribution >= 0.6 is 31.9 Å². The van der Waals surface area contributed by atoms with E-state index in [0.717, 1.165) is 0 Å². The maximum Gasteiger partial charge on any atom is 0.320 e. The molecule has 88 valence electrons. The zero-order chi connectivity index (χ0) is 12.0. The highest BCUT2D eigenvalue weighted by Gasteiger charge is 2.24. The summed E-state index contributed by atoms with van der Waals surface area (Å²) in [5.41, 5.74) is 0. The molecule has 0 aliphatic rings. The lowest BCUT2D eigenvalue weighted by molar-refractivity contribution is -0.154. The smallest absolute Gasteiger partial charge is 0.320 e. The van der Waals surface area contributed by atoms with Crippen LogP contribution in [0.5, 0.6) is 0 Å². The van der Waals surface area contributed by atoms with Crippen LogP contribution in [0.25, 0.3) is 0 Å². The van der Waals surface area contributed by atoms with Crippen molar-refractivity contribution in [3.63, 3.8) is 0 Å². The first-order valence-electron chi connectivity index (χ1n) is 4.50. The van der Waals surface area contributed by atoms with Gasteiger partial charge in [0.05, 0.1) is 6.42 Å². The van der Waals surface area contributed by atoms with E-state index in [1.165, 1.54) is 0 Å². The number of esters is 1. The number of carboxylic acids is 1. The van der Waals surface area contributed by atoms with Gasteiger partial charge in [0.15, 0.2) is 0 Å². The second-order valence-electron chi connectivity index (χ2n) is 3.44. The van der Waals surface area contributed by atoms with E-state index in [4.69, 9.17) is 9.84 Å². The number of aliphatic carboxylic acids is 1. The lowest BCUT2D eigenvalue weighted by Gasteiger charge is -2.20. The molecule has 0 aliphatic heterocycles. The Bertz CT molecular complexity index is 230. The fourth-order valence-electron chi connectivity index (χ4n) is 0.872. The van der Waals surface area contributed by atoms with Crippen LogP contribution in [0.2, 0.25) is 0 Å². The van der Waals surface area contributed by atoms with E-state index in [1.807, 2.05) is 13.8 Å². The molecule has 0 aromatic rings. The van der Waals surface area contributed by atoms with Crippen LogP contribution in [0.1, 0.15) is 20.3 Å². The van der Waals surface area contributed by atoms with Gasteiger partial charge in [-0.2, -0.15) is 0 Å². The largest absolute Gasteiger partial charge is 0.481 e. The molecule has 2 atom stereocenters. The number of halogens is 2. The van der Waals surface area contributed by atoms with E-state index >= 15 is 0 Å². The Kier molecular flexibility index (Phi) is 7.17. The van der Waals surface area contributed by atoms with Crippen LogP contribution in [0.3, 0.4) is 0 Å². The Morgan fingerprint density at radius 1 is 1.40 bits per heavy atom. The van der Waals surface area contributed by atoms with Gasteiger partial charge in [0.25, 0.3) is 0 Å². The lowest BCUT2D eigenvalue weighted by atomic mass is 10.0. The van der Waals surface area contributed by atoms with Crippen LogP contribution in [-0.2, 0) is 14.3 Å². The molecule has 6 heteroatoms. The summed E-state index contributed by atoms with van der Waals surface area (Å²) in [6.07, 6.45) is -0.736. The van der Waals surface area contributed by atoms with Crippen molar-refractivity contribution in [2.24, 2.45) is 5.92 Å². The lowest BCUT2D eigenvalue weighted by Crippen LogP contribution is -2.30. The van der Waals surface area contributed by atoms with Crippen molar-refractivity contribution in [2.45, 2.75) is 31.2 Å². The van der Waals surface area contributed by atoms with Gasteiger partial charge in [-0.25, -0.2) is 0 Å². The highest BCUT2D eigenvalue weighted by atomic mass is 79.9. The average molecular weight is 346 g/mol. The summed E-state index contributed by atoms with van der Waals surface area (Å²) in [6.45, 7) is 3.64. The van der Waals surface area contributed by atoms with Gasteiger partial charge >= 0.3 is 11.9 Å². The summed E-state index contributed by atoms with van der Waals surface area (Å²) in [7, 11) is 0. The predicted octanol–water partition coefficient (Wildman–Crippen LogP) is 2.19. The minimum Gasteiger partial charge on any atom is -0.481 e. The van der Waals surface area contributed by atoms with Gasteiger partial charge in [-0.1, -0.05) is 45.7 Å². The number of alkyl halides is 2. The van der Waals surface area contributed by atoms with Crippen molar-refractivity contribution in [1.82, 2.24) is 0 Å². The topological polar surface area (TPSA) is 63.6 Å². The fourth-order valence-corrected chi connectivity index (χ4v) is 1.24. The normalized spacial score (nSPS) is 14.7. The summed E-state index contributed by atoms with van der Waals surface area (Å²) in [5.74, 6) is -1.42. The first kappa shape index (κ1) is 14.9. The Morgan fingerprint density at radius 3 is 2.27 bits per heavy atom. The van der Waals surface area contributed by atoms with Gasteiger partial charge in [-0.05, 0) is 5.92 Å².